The summed E-state index contributed by atoms with van der Waals surface area (Å²) in [7, 11) is 0. The van der Waals surface area contributed by atoms with Crippen molar-refractivity contribution in [1.29, 1.82) is 0 Å². The lowest BCUT2D eigenvalue weighted by Gasteiger charge is -2.36. The van der Waals surface area contributed by atoms with Crippen molar-refractivity contribution in [2.24, 2.45) is 0 Å². The first-order valence-corrected chi connectivity index (χ1v) is 8.66. The van der Waals surface area contributed by atoms with Gasteiger partial charge in [0.1, 0.15) is 6.04 Å². The van der Waals surface area contributed by atoms with Gasteiger partial charge in [0.2, 0.25) is 5.89 Å². The first kappa shape index (κ1) is 16.2. The highest BCUT2D eigenvalue weighted by Gasteiger charge is 2.34. The topological polar surface area (TPSA) is 100 Å². The Bertz CT molecular complexity index is 535. The van der Waals surface area contributed by atoms with Gasteiger partial charge in [-0.25, -0.2) is 4.79 Å². The second kappa shape index (κ2) is 6.86. The van der Waals surface area contributed by atoms with Gasteiger partial charge in [0.15, 0.2) is 5.82 Å². The zero-order valence-corrected chi connectivity index (χ0v) is 13.7. The Hall–Kier alpha value is -1.63. The van der Waals surface area contributed by atoms with Gasteiger partial charge in [0, 0.05) is 12.5 Å². The van der Waals surface area contributed by atoms with Crippen molar-refractivity contribution in [2.45, 2.75) is 75.9 Å². The molecular weight excluding hydrogens is 296 g/mol. The highest BCUT2D eigenvalue weighted by Crippen LogP contribution is 2.31. The SMILES string of the molecule is CC(NC(=O)NCC1(O)CCC1)c1nc(C2CCCCC2)no1. The third kappa shape index (κ3) is 4.02. The zero-order chi connectivity index (χ0) is 16.3. The quantitative estimate of drug-likeness (QED) is 0.773. The minimum absolute atomic E-state index is 0.280. The van der Waals surface area contributed by atoms with E-state index in [0.717, 1.165) is 37.9 Å². The summed E-state index contributed by atoms with van der Waals surface area (Å²) in [6.45, 7) is 2.10. The Kier molecular flexibility index (Phi) is 4.84. The van der Waals surface area contributed by atoms with Gasteiger partial charge >= 0.3 is 6.03 Å². The molecule has 128 valence electrons. The van der Waals surface area contributed by atoms with Crippen LogP contribution in [0.4, 0.5) is 4.79 Å². The van der Waals surface area contributed by atoms with Crippen LogP contribution >= 0.6 is 0 Å². The molecular formula is C16H26N4O3. The van der Waals surface area contributed by atoms with Crippen molar-refractivity contribution in [2.75, 3.05) is 6.54 Å². The molecule has 0 bridgehead atoms. The molecule has 1 aromatic heterocycles. The largest absolute Gasteiger partial charge is 0.388 e. The maximum atomic E-state index is 11.9. The Morgan fingerprint density at radius 1 is 1.35 bits per heavy atom. The second-order valence-corrected chi connectivity index (χ2v) is 6.95. The molecule has 2 aliphatic rings. The van der Waals surface area contributed by atoms with E-state index >= 15 is 0 Å². The van der Waals surface area contributed by atoms with Gasteiger partial charge < -0.3 is 20.3 Å². The van der Waals surface area contributed by atoms with E-state index in [1.807, 2.05) is 6.92 Å². The molecule has 0 aromatic carbocycles. The molecule has 7 heteroatoms. The molecule has 2 saturated carbocycles. The summed E-state index contributed by atoms with van der Waals surface area (Å²) in [5, 5.41) is 19.5. The highest BCUT2D eigenvalue weighted by molar-refractivity contribution is 5.74. The molecule has 1 heterocycles. The van der Waals surface area contributed by atoms with Crippen molar-refractivity contribution in [1.82, 2.24) is 20.8 Å². The summed E-state index contributed by atoms with van der Waals surface area (Å²) >= 11 is 0. The van der Waals surface area contributed by atoms with E-state index in [9.17, 15) is 9.90 Å². The Balaban J connectivity index is 1.48. The van der Waals surface area contributed by atoms with Crippen LogP contribution in [0.15, 0.2) is 4.52 Å². The van der Waals surface area contributed by atoms with Crippen LogP contribution in [0, 0.1) is 0 Å². The van der Waals surface area contributed by atoms with Crippen LogP contribution in [0.5, 0.6) is 0 Å². The molecule has 2 fully saturated rings. The molecule has 23 heavy (non-hydrogen) atoms. The molecule has 0 saturated heterocycles. The van der Waals surface area contributed by atoms with Crippen LogP contribution in [0.1, 0.15) is 82.0 Å². The number of amides is 2. The lowest BCUT2D eigenvalue weighted by atomic mass is 9.80. The van der Waals surface area contributed by atoms with Crippen LogP contribution in [0.3, 0.4) is 0 Å². The highest BCUT2D eigenvalue weighted by atomic mass is 16.5. The normalized spacial score (nSPS) is 22.2. The van der Waals surface area contributed by atoms with Gasteiger partial charge in [-0.15, -0.1) is 0 Å². The second-order valence-electron chi connectivity index (χ2n) is 6.95. The van der Waals surface area contributed by atoms with Crippen molar-refractivity contribution in [3.8, 4) is 0 Å². The molecule has 2 aliphatic carbocycles. The fraction of sp³-hybridized carbons (Fsp3) is 0.812. The third-order valence-corrected chi connectivity index (χ3v) is 5.01. The lowest BCUT2D eigenvalue weighted by molar-refractivity contribution is -0.0290. The van der Waals surface area contributed by atoms with Crippen LogP contribution < -0.4 is 10.6 Å². The van der Waals surface area contributed by atoms with Crippen LogP contribution in [-0.4, -0.2) is 33.4 Å². The molecule has 0 spiro atoms. The fourth-order valence-electron chi connectivity index (χ4n) is 3.27. The van der Waals surface area contributed by atoms with E-state index in [-0.39, 0.29) is 18.6 Å². The lowest BCUT2D eigenvalue weighted by Crippen LogP contribution is -2.50. The van der Waals surface area contributed by atoms with E-state index in [4.69, 9.17) is 4.52 Å². The van der Waals surface area contributed by atoms with E-state index in [2.05, 4.69) is 20.8 Å². The molecule has 2 amide bonds. The Morgan fingerprint density at radius 2 is 2.09 bits per heavy atom. The predicted octanol–water partition coefficient (Wildman–Crippen LogP) is 2.39. The van der Waals surface area contributed by atoms with E-state index in [1.165, 1.54) is 19.3 Å². The number of aromatic nitrogens is 2. The van der Waals surface area contributed by atoms with Gasteiger partial charge in [-0.1, -0.05) is 24.4 Å². The molecule has 0 radical (unpaired) electrons. The van der Waals surface area contributed by atoms with Crippen LogP contribution in [-0.2, 0) is 0 Å². The van der Waals surface area contributed by atoms with E-state index in [1.54, 1.807) is 0 Å². The molecule has 1 unspecified atom stereocenters. The van der Waals surface area contributed by atoms with Gasteiger partial charge in [-0.3, -0.25) is 0 Å². The van der Waals surface area contributed by atoms with Crippen molar-refractivity contribution in [3.05, 3.63) is 11.7 Å². The number of hydrogen-bond acceptors (Lipinski definition) is 5. The van der Waals surface area contributed by atoms with Gasteiger partial charge in [-0.2, -0.15) is 4.98 Å². The van der Waals surface area contributed by atoms with Crippen LogP contribution in [0.25, 0.3) is 0 Å². The van der Waals surface area contributed by atoms with E-state index in [0.29, 0.717) is 11.8 Å². The van der Waals surface area contributed by atoms with E-state index < -0.39 is 5.60 Å². The molecule has 0 aliphatic heterocycles. The maximum absolute atomic E-state index is 11.9. The maximum Gasteiger partial charge on any atom is 0.315 e. The monoisotopic (exact) mass is 322 g/mol. The van der Waals surface area contributed by atoms with Gasteiger partial charge in [-0.05, 0) is 39.0 Å². The summed E-state index contributed by atoms with van der Waals surface area (Å²) in [4.78, 5) is 16.4. The predicted molar refractivity (Wildman–Crippen MR) is 83.9 cm³/mol. The third-order valence-electron chi connectivity index (χ3n) is 5.01. The fourth-order valence-corrected chi connectivity index (χ4v) is 3.27. The van der Waals surface area contributed by atoms with Crippen molar-refractivity contribution < 1.29 is 14.4 Å². The number of nitrogens with zero attached hydrogens (tertiary/aromatic N) is 2. The molecule has 3 rings (SSSR count). The number of aliphatic hydroxyl groups is 1. The minimum atomic E-state index is -0.723. The number of carbonyl (C=O) groups is 1. The first-order chi connectivity index (χ1) is 11.1. The molecule has 3 N–H and O–H groups in total. The summed E-state index contributed by atoms with van der Waals surface area (Å²) < 4.78 is 5.31. The average Bonchev–Trinajstić information content (AvgIpc) is 3.02. The Labute approximate surface area is 136 Å². The number of urea groups is 1. The molecule has 1 atom stereocenters. The molecule has 1 aromatic rings. The number of hydrogen-bond donors (Lipinski definition) is 3. The Morgan fingerprint density at radius 3 is 2.74 bits per heavy atom. The first-order valence-electron chi connectivity index (χ1n) is 8.66. The average molecular weight is 322 g/mol. The van der Waals surface area contributed by atoms with Gasteiger partial charge in [0.05, 0.1) is 5.60 Å². The van der Waals surface area contributed by atoms with Gasteiger partial charge in [0.25, 0.3) is 0 Å². The van der Waals surface area contributed by atoms with Crippen LogP contribution in [0.2, 0.25) is 0 Å². The standard InChI is InChI=1S/C16H26N4O3/c1-11(18-15(21)17-10-16(22)8-5-9-16)14-19-13(20-23-14)12-6-3-2-4-7-12/h11-12,22H,2-10H2,1H3,(H2,17,18,21). The number of rotatable bonds is 5. The summed E-state index contributed by atoms with van der Waals surface area (Å²) in [5.41, 5.74) is -0.723. The zero-order valence-electron chi connectivity index (χ0n) is 13.7. The smallest absolute Gasteiger partial charge is 0.315 e. The summed E-state index contributed by atoms with van der Waals surface area (Å²) in [5.74, 6) is 1.58. The van der Waals surface area contributed by atoms with Crippen molar-refractivity contribution >= 4 is 6.03 Å². The van der Waals surface area contributed by atoms with Crippen molar-refractivity contribution in [3.63, 3.8) is 0 Å². The summed E-state index contributed by atoms with van der Waals surface area (Å²) in [6, 6.07) is -0.675. The molecule has 7 nitrogen and oxygen atoms in total. The summed E-state index contributed by atoms with van der Waals surface area (Å²) in [6.07, 6.45) is 8.45. The number of nitrogens with one attached hydrogen (secondary N) is 2. The minimum Gasteiger partial charge on any atom is -0.388 e. The number of carbonyl (C=O) groups excluding carboxylic acids is 1.